The average molecular weight is 165 g/mol. The van der Waals surface area contributed by atoms with Gasteiger partial charge in [0.1, 0.15) is 0 Å². The molecule has 0 aliphatic carbocycles. The van der Waals surface area contributed by atoms with Gasteiger partial charge in [-0.15, -0.1) is 0 Å². The Hall–Kier alpha value is -0.860. The molecule has 0 amide bonds. The Bertz CT molecular complexity index is 228. The molecule has 0 aliphatic rings. The third-order valence-corrected chi connectivity index (χ3v) is 1.93. The van der Waals surface area contributed by atoms with Crippen LogP contribution in [0.25, 0.3) is 0 Å². The SMILES string of the molecule is CC(C)c1ccc(CNO)cc1. The van der Waals surface area contributed by atoms with E-state index < -0.39 is 0 Å². The van der Waals surface area contributed by atoms with Crippen molar-refractivity contribution in [2.45, 2.75) is 26.3 Å². The maximum Gasteiger partial charge on any atom is 0.0458 e. The van der Waals surface area contributed by atoms with Crippen LogP contribution in [-0.2, 0) is 6.54 Å². The molecule has 66 valence electrons. The van der Waals surface area contributed by atoms with Crippen molar-refractivity contribution in [3.05, 3.63) is 35.4 Å². The number of benzene rings is 1. The highest BCUT2D eigenvalue weighted by Crippen LogP contribution is 2.14. The minimum absolute atomic E-state index is 0.512. The van der Waals surface area contributed by atoms with Crippen molar-refractivity contribution in [3.63, 3.8) is 0 Å². The zero-order valence-electron chi connectivity index (χ0n) is 7.54. The molecule has 0 radical (unpaired) electrons. The molecule has 12 heavy (non-hydrogen) atoms. The van der Waals surface area contributed by atoms with Gasteiger partial charge >= 0.3 is 0 Å². The quantitative estimate of drug-likeness (QED) is 0.673. The number of nitrogens with one attached hydrogen (secondary N) is 1. The summed E-state index contributed by atoms with van der Waals surface area (Å²) in [7, 11) is 0. The third-order valence-electron chi connectivity index (χ3n) is 1.93. The Morgan fingerprint density at radius 3 is 2.25 bits per heavy atom. The first-order valence-electron chi connectivity index (χ1n) is 4.20. The van der Waals surface area contributed by atoms with Crippen molar-refractivity contribution >= 4 is 0 Å². The van der Waals surface area contributed by atoms with Crippen molar-refractivity contribution in [1.82, 2.24) is 5.48 Å². The molecule has 0 saturated heterocycles. The second kappa shape index (κ2) is 4.24. The molecule has 0 spiro atoms. The molecule has 0 unspecified atom stereocenters. The summed E-state index contributed by atoms with van der Waals surface area (Å²) in [5.74, 6) is 0.570. The van der Waals surface area contributed by atoms with Gasteiger partial charge in [0.2, 0.25) is 0 Å². The molecule has 0 heterocycles. The first-order valence-corrected chi connectivity index (χ1v) is 4.20. The summed E-state index contributed by atoms with van der Waals surface area (Å²) in [5.41, 5.74) is 4.56. The summed E-state index contributed by atoms with van der Waals surface area (Å²) in [6, 6.07) is 8.24. The van der Waals surface area contributed by atoms with Gasteiger partial charge in [-0.05, 0) is 17.0 Å². The fourth-order valence-electron chi connectivity index (χ4n) is 1.11. The first-order chi connectivity index (χ1) is 5.74. The smallest absolute Gasteiger partial charge is 0.0458 e. The predicted molar refractivity (Wildman–Crippen MR) is 49.2 cm³/mol. The van der Waals surface area contributed by atoms with E-state index in [9.17, 15) is 0 Å². The summed E-state index contributed by atoms with van der Waals surface area (Å²) in [4.78, 5) is 0. The lowest BCUT2D eigenvalue weighted by Crippen LogP contribution is -2.05. The summed E-state index contributed by atoms with van der Waals surface area (Å²) in [6.07, 6.45) is 0. The Balaban J connectivity index is 2.71. The molecule has 0 atom stereocenters. The van der Waals surface area contributed by atoms with Crippen LogP contribution in [0, 0.1) is 0 Å². The van der Waals surface area contributed by atoms with Crippen LogP contribution in [0.2, 0.25) is 0 Å². The van der Waals surface area contributed by atoms with Gasteiger partial charge in [-0.25, -0.2) is 5.48 Å². The van der Waals surface area contributed by atoms with Gasteiger partial charge in [0.05, 0.1) is 0 Å². The molecule has 0 aromatic heterocycles. The standard InChI is InChI=1S/C10H15NO/c1-8(2)10-5-3-9(4-6-10)7-11-12/h3-6,8,11-12H,7H2,1-2H3. The summed E-state index contributed by atoms with van der Waals surface area (Å²) in [5, 5.41) is 8.45. The van der Waals surface area contributed by atoms with Crippen LogP contribution < -0.4 is 5.48 Å². The molecule has 0 aliphatic heterocycles. The van der Waals surface area contributed by atoms with Crippen molar-refractivity contribution in [2.24, 2.45) is 0 Å². The first kappa shape index (κ1) is 9.23. The number of hydroxylamine groups is 1. The van der Waals surface area contributed by atoms with Gasteiger partial charge in [-0.1, -0.05) is 38.1 Å². The fraction of sp³-hybridized carbons (Fsp3) is 0.400. The van der Waals surface area contributed by atoms with E-state index >= 15 is 0 Å². The lowest BCUT2D eigenvalue weighted by molar-refractivity contribution is 0.161. The number of hydrogen-bond acceptors (Lipinski definition) is 2. The van der Waals surface area contributed by atoms with Gasteiger partial charge in [-0.2, -0.15) is 0 Å². The second-order valence-electron chi connectivity index (χ2n) is 3.23. The monoisotopic (exact) mass is 165 g/mol. The Morgan fingerprint density at radius 2 is 1.83 bits per heavy atom. The topological polar surface area (TPSA) is 32.3 Å². The summed E-state index contributed by atoms with van der Waals surface area (Å²) in [6.45, 7) is 4.84. The van der Waals surface area contributed by atoms with E-state index in [1.807, 2.05) is 12.1 Å². The molecule has 1 rings (SSSR count). The Labute approximate surface area is 73.2 Å². The summed E-state index contributed by atoms with van der Waals surface area (Å²) < 4.78 is 0. The van der Waals surface area contributed by atoms with Crippen molar-refractivity contribution in [2.75, 3.05) is 0 Å². The van der Waals surface area contributed by atoms with E-state index in [0.29, 0.717) is 12.5 Å². The molecule has 1 aromatic carbocycles. The minimum Gasteiger partial charge on any atom is -0.316 e. The van der Waals surface area contributed by atoms with Crippen LogP contribution in [0.1, 0.15) is 30.9 Å². The molecule has 2 nitrogen and oxygen atoms in total. The van der Waals surface area contributed by atoms with Gasteiger partial charge in [-0.3, -0.25) is 0 Å². The van der Waals surface area contributed by atoms with Gasteiger partial charge in [0, 0.05) is 6.54 Å². The number of rotatable bonds is 3. The molecular weight excluding hydrogens is 150 g/mol. The van der Waals surface area contributed by atoms with Crippen LogP contribution >= 0.6 is 0 Å². The zero-order chi connectivity index (χ0) is 8.97. The van der Waals surface area contributed by atoms with Crippen LogP contribution in [0.4, 0.5) is 0 Å². The Morgan fingerprint density at radius 1 is 1.25 bits per heavy atom. The van der Waals surface area contributed by atoms with E-state index in [0.717, 1.165) is 5.56 Å². The molecule has 2 N–H and O–H groups in total. The van der Waals surface area contributed by atoms with Crippen LogP contribution in [-0.4, -0.2) is 5.21 Å². The molecular formula is C10H15NO. The van der Waals surface area contributed by atoms with Crippen molar-refractivity contribution in [3.8, 4) is 0 Å². The maximum absolute atomic E-state index is 8.45. The van der Waals surface area contributed by atoms with Gasteiger partial charge in [0.15, 0.2) is 0 Å². The van der Waals surface area contributed by atoms with E-state index in [-0.39, 0.29) is 0 Å². The van der Waals surface area contributed by atoms with Crippen LogP contribution in [0.5, 0.6) is 0 Å². The third kappa shape index (κ3) is 2.32. The lowest BCUT2D eigenvalue weighted by atomic mass is 10.0. The largest absolute Gasteiger partial charge is 0.316 e. The molecule has 0 bridgehead atoms. The highest BCUT2D eigenvalue weighted by molar-refractivity contribution is 5.24. The van der Waals surface area contributed by atoms with Crippen LogP contribution in [0.3, 0.4) is 0 Å². The average Bonchev–Trinajstić information content (AvgIpc) is 2.06. The number of hydrogen-bond donors (Lipinski definition) is 2. The van der Waals surface area contributed by atoms with Crippen molar-refractivity contribution in [1.29, 1.82) is 0 Å². The van der Waals surface area contributed by atoms with Crippen LogP contribution in [0.15, 0.2) is 24.3 Å². The lowest BCUT2D eigenvalue weighted by Gasteiger charge is -2.05. The minimum atomic E-state index is 0.512. The van der Waals surface area contributed by atoms with E-state index in [2.05, 4.69) is 31.5 Å². The van der Waals surface area contributed by atoms with E-state index in [1.54, 1.807) is 0 Å². The van der Waals surface area contributed by atoms with Gasteiger partial charge < -0.3 is 5.21 Å². The highest BCUT2D eigenvalue weighted by Gasteiger charge is 1.97. The summed E-state index contributed by atoms with van der Waals surface area (Å²) >= 11 is 0. The normalized spacial score (nSPS) is 10.7. The molecule has 0 fully saturated rings. The molecule has 1 aromatic rings. The van der Waals surface area contributed by atoms with Gasteiger partial charge in [0.25, 0.3) is 0 Å². The van der Waals surface area contributed by atoms with E-state index in [1.165, 1.54) is 5.56 Å². The van der Waals surface area contributed by atoms with Crippen molar-refractivity contribution < 1.29 is 5.21 Å². The predicted octanol–water partition coefficient (Wildman–Crippen LogP) is 2.29. The maximum atomic E-state index is 8.45. The fourth-order valence-corrected chi connectivity index (χ4v) is 1.11. The second-order valence-corrected chi connectivity index (χ2v) is 3.23. The Kier molecular flexibility index (Phi) is 3.26. The highest BCUT2D eigenvalue weighted by atomic mass is 16.5. The molecule has 2 heteroatoms. The van der Waals surface area contributed by atoms with E-state index in [4.69, 9.17) is 5.21 Å². The molecule has 0 saturated carbocycles. The zero-order valence-corrected chi connectivity index (χ0v) is 7.54.